The van der Waals surface area contributed by atoms with E-state index in [2.05, 4.69) is 26.9 Å². The minimum atomic E-state index is 0.00518. The number of nitrogens with zero attached hydrogens (tertiary/aromatic N) is 4. The number of anilines is 1. The first-order valence-corrected chi connectivity index (χ1v) is 12.0. The molecule has 2 aromatic carbocycles. The maximum Gasteiger partial charge on any atom is 0.227 e. The van der Waals surface area contributed by atoms with E-state index in [1.165, 1.54) is 0 Å². The number of hydrogen-bond donors (Lipinski definition) is 1. The van der Waals surface area contributed by atoms with Gasteiger partial charge in [0.15, 0.2) is 0 Å². The number of para-hydroxylation sites is 1. The highest BCUT2D eigenvalue weighted by Crippen LogP contribution is 2.26. The maximum absolute atomic E-state index is 12.9. The van der Waals surface area contributed by atoms with Gasteiger partial charge in [0.1, 0.15) is 5.82 Å². The lowest BCUT2D eigenvalue weighted by Crippen LogP contribution is -2.38. The molecule has 6 nitrogen and oxygen atoms in total. The van der Waals surface area contributed by atoms with Gasteiger partial charge in [-0.25, -0.2) is 4.68 Å². The number of carbonyl (C=O) groups is 1. The molecule has 1 aliphatic heterocycles. The van der Waals surface area contributed by atoms with Gasteiger partial charge in [-0.15, -0.1) is 0 Å². The normalized spacial score (nSPS) is 14.9. The number of likely N-dealkylation sites (tertiary alicyclic amines) is 1. The predicted molar refractivity (Wildman–Crippen MR) is 136 cm³/mol. The Morgan fingerprint density at radius 3 is 2.53 bits per heavy atom. The molecule has 3 heterocycles. The lowest BCUT2D eigenvalue weighted by atomic mass is 9.95. The summed E-state index contributed by atoms with van der Waals surface area (Å²) in [4.78, 5) is 15.3. The van der Waals surface area contributed by atoms with Crippen LogP contribution in [0.15, 0.2) is 79.3 Å². The molecule has 0 atom stereocenters. The topological polar surface area (TPSA) is 55.1 Å². The van der Waals surface area contributed by atoms with Gasteiger partial charge in [0.25, 0.3) is 0 Å². The molecule has 0 unspecified atom stereocenters. The first kappa shape index (κ1) is 22.4. The van der Waals surface area contributed by atoms with Crippen LogP contribution in [-0.4, -0.2) is 38.2 Å². The molecule has 4 aromatic rings. The molecule has 5 rings (SSSR count). The molecule has 0 radical (unpaired) electrons. The van der Waals surface area contributed by atoms with Crippen molar-refractivity contribution in [2.24, 2.45) is 5.92 Å². The highest BCUT2D eigenvalue weighted by Gasteiger charge is 2.26. The smallest absolute Gasteiger partial charge is 0.227 e. The van der Waals surface area contributed by atoms with Crippen LogP contribution >= 0.6 is 11.6 Å². The molecule has 1 N–H and O–H groups in total. The Balaban J connectivity index is 1.27. The van der Waals surface area contributed by atoms with Crippen LogP contribution in [0.25, 0.3) is 11.5 Å². The van der Waals surface area contributed by atoms with Crippen molar-refractivity contribution < 1.29 is 4.79 Å². The number of carbonyl (C=O) groups excluding carboxylic acids is 1. The molecule has 1 saturated heterocycles. The van der Waals surface area contributed by atoms with Gasteiger partial charge in [-0.05, 0) is 74.8 Å². The molecule has 1 aliphatic rings. The Kier molecular flexibility index (Phi) is 6.52. The molecular formula is C27H28ClN5O. The molecular weight excluding hydrogens is 446 g/mol. The second-order valence-corrected chi connectivity index (χ2v) is 9.27. The van der Waals surface area contributed by atoms with Gasteiger partial charge >= 0.3 is 0 Å². The zero-order chi connectivity index (χ0) is 23.5. The van der Waals surface area contributed by atoms with Crippen LogP contribution in [0.1, 0.15) is 24.0 Å². The second kappa shape index (κ2) is 9.87. The summed E-state index contributed by atoms with van der Waals surface area (Å²) in [5.74, 6) is 1.13. The number of hydrogen-bond acceptors (Lipinski definition) is 3. The summed E-state index contributed by atoms with van der Waals surface area (Å²) in [5, 5.41) is 8.41. The number of nitrogens with one attached hydrogen (secondary N) is 1. The summed E-state index contributed by atoms with van der Waals surface area (Å²) in [6.45, 7) is 4.51. The van der Waals surface area contributed by atoms with Crippen molar-refractivity contribution in [3.8, 4) is 11.5 Å². The van der Waals surface area contributed by atoms with Gasteiger partial charge in [0.05, 0.1) is 11.9 Å². The summed E-state index contributed by atoms with van der Waals surface area (Å²) in [5.41, 5.74) is 4.01. The number of halogens is 1. The minimum Gasteiger partial charge on any atom is -0.326 e. The first-order chi connectivity index (χ1) is 16.6. The Hall–Kier alpha value is -3.35. The van der Waals surface area contributed by atoms with E-state index < -0.39 is 0 Å². The van der Waals surface area contributed by atoms with Crippen LogP contribution in [-0.2, 0) is 11.3 Å². The number of piperidine rings is 1. The summed E-state index contributed by atoms with van der Waals surface area (Å²) < 4.78 is 4.10. The van der Waals surface area contributed by atoms with Gasteiger partial charge in [0, 0.05) is 41.1 Å². The maximum atomic E-state index is 12.9. The Morgan fingerprint density at radius 2 is 1.79 bits per heavy atom. The average Bonchev–Trinajstić information content (AvgIpc) is 3.52. The summed E-state index contributed by atoms with van der Waals surface area (Å²) in [7, 11) is 0. The van der Waals surface area contributed by atoms with Gasteiger partial charge in [-0.1, -0.05) is 35.9 Å². The zero-order valence-corrected chi connectivity index (χ0v) is 19.9. The lowest BCUT2D eigenvalue weighted by Gasteiger charge is -2.31. The number of rotatable bonds is 6. The Bertz CT molecular complexity index is 1260. The fourth-order valence-electron chi connectivity index (χ4n) is 4.55. The van der Waals surface area contributed by atoms with Crippen molar-refractivity contribution in [2.45, 2.75) is 26.3 Å². The van der Waals surface area contributed by atoms with E-state index >= 15 is 0 Å². The van der Waals surface area contributed by atoms with Gasteiger partial charge in [0.2, 0.25) is 5.91 Å². The standard InChI is InChI=1S/C27H28ClN5O/c1-20-9-10-23(28)17-25(20)30-26(34)21-11-15-31(16-12-21)19-22-18-29-33(24-7-3-2-4-8-24)27(22)32-13-5-6-14-32/h2-10,13-14,17-18,21H,11-12,15-16,19H2,1H3,(H,30,34). The third-order valence-corrected chi connectivity index (χ3v) is 6.71. The third-order valence-electron chi connectivity index (χ3n) is 6.48. The number of aromatic nitrogens is 3. The van der Waals surface area contributed by atoms with Gasteiger partial charge < -0.3 is 9.88 Å². The van der Waals surface area contributed by atoms with Crippen molar-refractivity contribution in [1.29, 1.82) is 0 Å². The SMILES string of the molecule is Cc1ccc(Cl)cc1NC(=O)C1CCN(Cc2cnn(-c3ccccc3)c2-n2cccc2)CC1. The molecule has 0 saturated carbocycles. The minimum absolute atomic E-state index is 0.00518. The lowest BCUT2D eigenvalue weighted by molar-refractivity contribution is -0.121. The van der Waals surface area contributed by atoms with E-state index in [0.717, 1.165) is 60.8 Å². The van der Waals surface area contributed by atoms with Crippen LogP contribution in [0.4, 0.5) is 5.69 Å². The molecule has 0 bridgehead atoms. The third kappa shape index (κ3) is 4.79. The molecule has 7 heteroatoms. The van der Waals surface area contributed by atoms with E-state index in [1.54, 1.807) is 0 Å². The molecule has 0 spiro atoms. The van der Waals surface area contributed by atoms with Crippen LogP contribution in [0, 0.1) is 12.8 Å². The Morgan fingerprint density at radius 1 is 1.06 bits per heavy atom. The highest BCUT2D eigenvalue weighted by molar-refractivity contribution is 6.31. The van der Waals surface area contributed by atoms with E-state index in [0.29, 0.717) is 5.02 Å². The fourth-order valence-corrected chi connectivity index (χ4v) is 4.73. The van der Waals surface area contributed by atoms with Crippen molar-refractivity contribution in [2.75, 3.05) is 18.4 Å². The van der Waals surface area contributed by atoms with Crippen molar-refractivity contribution in [3.05, 3.63) is 95.4 Å². The molecule has 2 aromatic heterocycles. The summed E-state index contributed by atoms with van der Waals surface area (Å²) >= 11 is 6.11. The van der Waals surface area contributed by atoms with Crippen LogP contribution in [0.5, 0.6) is 0 Å². The van der Waals surface area contributed by atoms with Crippen molar-refractivity contribution in [1.82, 2.24) is 19.2 Å². The molecule has 34 heavy (non-hydrogen) atoms. The quantitative estimate of drug-likeness (QED) is 0.403. The monoisotopic (exact) mass is 473 g/mol. The van der Waals surface area contributed by atoms with Crippen LogP contribution < -0.4 is 5.32 Å². The number of amides is 1. The van der Waals surface area contributed by atoms with Gasteiger partial charge in [-0.2, -0.15) is 5.10 Å². The molecule has 0 aliphatic carbocycles. The molecule has 174 valence electrons. The van der Waals surface area contributed by atoms with E-state index in [9.17, 15) is 4.79 Å². The van der Waals surface area contributed by atoms with Crippen molar-refractivity contribution in [3.63, 3.8) is 0 Å². The molecule has 1 amide bonds. The average molecular weight is 474 g/mol. The first-order valence-electron chi connectivity index (χ1n) is 11.6. The van der Waals surface area contributed by atoms with E-state index in [-0.39, 0.29) is 11.8 Å². The number of benzene rings is 2. The fraction of sp³-hybridized carbons (Fsp3) is 0.259. The largest absolute Gasteiger partial charge is 0.326 e. The second-order valence-electron chi connectivity index (χ2n) is 8.83. The van der Waals surface area contributed by atoms with E-state index in [4.69, 9.17) is 16.7 Å². The van der Waals surface area contributed by atoms with Gasteiger partial charge in [-0.3, -0.25) is 9.69 Å². The van der Waals surface area contributed by atoms with Crippen LogP contribution in [0.3, 0.4) is 0 Å². The summed E-state index contributed by atoms with van der Waals surface area (Å²) in [6.07, 6.45) is 7.72. The summed E-state index contributed by atoms with van der Waals surface area (Å²) in [6, 6.07) is 19.8. The number of aryl methyl sites for hydroxylation is 1. The highest BCUT2D eigenvalue weighted by atomic mass is 35.5. The molecule has 1 fully saturated rings. The predicted octanol–water partition coefficient (Wildman–Crippen LogP) is 5.48. The van der Waals surface area contributed by atoms with Crippen LogP contribution in [0.2, 0.25) is 5.02 Å². The zero-order valence-electron chi connectivity index (χ0n) is 19.2. The van der Waals surface area contributed by atoms with Crippen molar-refractivity contribution >= 4 is 23.2 Å². The van der Waals surface area contributed by atoms with E-state index in [1.807, 2.05) is 78.7 Å². The Labute approximate surface area is 204 Å².